The Hall–Kier alpha value is -1.01. The van der Waals surface area contributed by atoms with Crippen LogP contribution in [0.4, 0.5) is 0 Å². The number of aromatic nitrogens is 1. The predicted molar refractivity (Wildman–Crippen MR) is 81.4 cm³/mol. The average molecular weight is 307 g/mol. The van der Waals surface area contributed by atoms with Gasteiger partial charge in [0.25, 0.3) is 5.91 Å². The van der Waals surface area contributed by atoms with E-state index in [1.54, 1.807) is 0 Å². The summed E-state index contributed by atoms with van der Waals surface area (Å²) in [5.41, 5.74) is 0. The predicted octanol–water partition coefficient (Wildman–Crippen LogP) is 1.91. The van der Waals surface area contributed by atoms with Crippen molar-refractivity contribution in [2.75, 3.05) is 18.8 Å². The molecule has 0 radical (unpaired) electrons. The van der Waals surface area contributed by atoms with Gasteiger partial charge in [0.1, 0.15) is 0 Å². The van der Waals surface area contributed by atoms with E-state index in [9.17, 15) is 4.79 Å². The van der Waals surface area contributed by atoms with Gasteiger partial charge in [-0.1, -0.05) is 12.8 Å². The number of nitrogens with zero attached hydrogens (tertiary/aromatic N) is 2. The van der Waals surface area contributed by atoms with Gasteiger partial charge < -0.3 is 14.6 Å². The second-order valence-corrected chi connectivity index (χ2v) is 8.06. The fourth-order valence-corrected chi connectivity index (χ4v) is 5.45. The summed E-state index contributed by atoms with van der Waals surface area (Å²) in [6.45, 7) is 1.69. The van der Waals surface area contributed by atoms with Crippen molar-refractivity contribution in [2.45, 2.75) is 48.9 Å². The maximum absolute atomic E-state index is 12.2. The molecule has 0 bridgehead atoms. The Morgan fingerprint density at radius 1 is 1.38 bits per heavy atom. The number of oxazole rings is 1. The van der Waals surface area contributed by atoms with Crippen LogP contribution in [0, 0.1) is 0 Å². The lowest BCUT2D eigenvalue weighted by atomic mass is 9.91. The molecule has 2 saturated heterocycles. The third kappa shape index (κ3) is 2.59. The average Bonchev–Trinajstić information content (AvgIpc) is 3.18. The normalized spacial score (nSPS) is 28.2. The molecule has 1 N–H and O–H groups in total. The fraction of sp³-hybridized carbons (Fsp3) is 0.733. The number of nitrogens with one attached hydrogen (secondary N) is 1. The zero-order valence-electron chi connectivity index (χ0n) is 12.1. The third-order valence-electron chi connectivity index (χ3n) is 4.92. The molecule has 1 saturated carbocycles. The Bertz CT molecular complexity index is 507. The lowest BCUT2D eigenvalue weighted by Gasteiger charge is -2.47. The van der Waals surface area contributed by atoms with Crippen molar-refractivity contribution >= 4 is 17.7 Å². The Morgan fingerprint density at radius 2 is 2.19 bits per heavy atom. The van der Waals surface area contributed by atoms with Gasteiger partial charge in [-0.05, 0) is 19.3 Å². The van der Waals surface area contributed by atoms with E-state index in [4.69, 9.17) is 4.42 Å². The second kappa shape index (κ2) is 5.32. The van der Waals surface area contributed by atoms with Crippen LogP contribution in [-0.4, -0.2) is 51.5 Å². The van der Waals surface area contributed by atoms with Crippen LogP contribution < -0.4 is 5.32 Å². The van der Waals surface area contributed by atoms with E-state index >= 15 is 0 Å². The van der Waals surface area contributed by atoms with Crippen LogP contribution in [0.2, 0.25) is 0 Å². The number of hydrogen-bond donors (Lipinski definition) is 1. The number of rotatable bonds is 3. The molecule has 1 aliphatic carbocycles. The van der Waals surface area contributed by atoms with Crippen LogP contribution in [-0.2, 0) is 0 Å². The molecule has 0 aromatic carbocycles. The summed E-state index contributed by atoms with van der Waals surface area (Å²) >= 11 is 2.04. The van der Waals surface area contributed by atoms with E-state index in [1.807, 2.05) is 16.7 Å². The van der Waals surface area contributed by atoms with Gasteiger partial charge in [-0.15, -0.1) is 11.8 Å². The quantitative estimate of drug-likeness (QED) is 0.924. The molecule has 3 fully saturated rings. The lowest BCUT2D eigenvalue weighted by molar-refractivity contribution is 0.0519. The smallest absolute Gasteiger partial charge is 0.291 e. The van der Waals surface area contributed by atoms with Crippen molar-refractivity contribution in [3.05, 3.63) is 18.4 Å². The summed E-state index contributed by atoms with van der Waals surface area (Å²) in [5, 5.41) is 3.82. The monoisotopic (exact) mass is 307 g/mol. The molecule has 1 aromatic rings. The van der Waals surface area contributed by atoms with Crippen molar-refractivity contribution in [3.63, 3.8) is 0 Å². The zero-order chi connectivity index (χ0) is 14.3. The molecule has 21 heavy (non-hydrogen) atoms. The summed E-state index contributed by atoms with van der Waals surface area (Å²) in [6, 6.07) is 1.36. The maximum Gasteiger partial charge on any atom is 0.291 e. The first-order valence-electron chi connectivity index (χ1n) is 7.82. The maximum atomic E-state index is 12.2. The molecule has 1 spiro atoms. The molecule has 2 aliphatic heterocycles. The summed E-state index contributed by atoms with van der Waals surface area (Å²) < 4.78 is 5.38. The summed E-state index contributed by atoms with van der Waals surface area (Å²) in [6.07, 6.45) is 9.43. The van der Waals surface area contributed by atoms with Crippen LogP contribution in [0.5, 0.6) is 0 Å². The summed E-state index contributed by atoms with van der Waals surface area (Å²) in [4.78, 5) is 17.8. The van der Waals surface area contributed by atoms with Gasteiger partial charge in [-0.3, -0.25) is 4.79 Å². The number of likely N-dealkylation sites (tertiary alicyclic amines) is 1. The molecule has 3 aliphatic rings. The van der Waals surface area contributed by atoms with Gasteiger partial charge in [0, 0.05) is 30.9 Å². The lowest BCUT2D eigenvalue weighted by Crippen LogP contribution is -2.61. The van der Waals surface area contributed by atoms with Crippen molar-refractivity contribution in [2.24, 2.45) is 0 Å². The van der Waals surface area contributed by atoms with Gasteiger partial charge in [0.15, 0.2) is 6.39 Å². The molecule has 1 amide bonds. The van der Waals surface area contributed by atoms with Crippen LogP contribution >= 0.6 is 11.8 Å². The first-order chi connectivity index (χ1) is 10.2. The Kier molecular flexibility index (Phi) is 3.46. The minimum absolute atomic E-state index is 0.0223. The summed E-state index contributed by atoms with van der Waals surface area (Å²) in [5.74, 6) is 1.51. The number of carbonyl (C=O) groups excluding carboxylic acids is 1. The Labute approximate surface area is 128 Å². The topological polar surface area (TPSA) is 58.4 Å². The molecule has 1 unspecified atom stereocenters. The largest absolute Gasteiger partial charge is 0.438 e. The van der Waals surface area contributed by atoms with Crippen LogP contribution in [0.1, 0.15) is 42.7 Å². The van der Waals surface area contributed by atoms with Crippen molar-refractivity contribution in [3.8, 4) is 0 Å². The number of amides is 1. The SMILES string of the molecule is O=C(c1cnco1)N1CC2(CC(NC3CCCC3)CS2)C1. The van der Waals surface area contributed by atoms with Crippen LogP contribution in [0.15, 0.2) is 17.0 Å². The molecular weight excluding hydrogens is 286 g/mol. The van der Waals surface area contributed by atoms with E-state index < -0.39 is 0 Å². The Balaban J connectivity index is 1.29. The second-order valence-electron chi connectivity index (χ2n) is 6.57. The third-order valence-corrected chi connectivity index (χ3v) is 6.53. The molecule has 4 rings (SSSR count). The highest BCUT2D eigenvalue weighted by Gasteiger charge is 2.51. The van der Waals surface area contributed by atoms with Gasteiger partial charge >= 0.3 is 0 Å². The zero-order valence-corrected chi connectivity index (χ0v) is 12.9. The first-order valence-corrected chi connectivity index (χ1v) is 8.80. The van der Waals surface area contributed by atoms with Gasteiger partial charge in [-0.25, -0.2) is 4.98 Å². The Morgan fingerprint density at radius 3 is 2.90 bits per heavy atom. The van der Waals surface area contributed by atoms with Gasteiger partial charge in [0.05, 0.1) is 10.9 Å². The van der Waals surface area contributed by atoms with Gasteiger partial charge in [-0.2, -0.15) is 0 Å². The molecule has 5 nitrogen and oxygen atoms in total. The number of thioether (sulfide) groups is 1. The van der Waals surface area contributed by atoms with Crippen molar-refractivity contribution in [1.82, 2.24) is 15.2 Å². The molecule has 1 aromatic heterocycles. The molecule has 6 heteroatoms. The highest BCUT2D eigenvalue weighted by Crippen LogP contribution is 2.45. The van der Waals surface area contributed by atoms with E-state index in [0.717, 1.165) is 19.1 Å². The molecule has 3 heterocycles. The molecule has 114 valence electrons. The van der Waals surface area contributed by atoms with Gasteiger partial charge in [0.2, 0.25) is 5.76 Å². The minimum Gasteiger partial charge on any atom is -0.438 e. The number of hydrogen-bond acceptors (Lipinski definition) is 5. The first kappa shape index (κ1) is 13.6. The van der Waals surface area contributed by atoms with E-state index in [1.165, 1.54) is 50.4 Å². The standard InChI is InChI=1S/C15H21N3O2S/c19-14(13-6-16-10-20-13)18-8-15(9-18)5-12(7-21-15)17-11-3-1-2-4-11/h6,10-12,17H,1-5,7-9H2. The van der Waals surface area contributed by atoms with Crippen molar-refractivity contribution < 1.29 is 9.21 Å². The fourth-order valence-electron chi connectivity index (χ4n) is 3.87. The highest BCUT2D eigenvalue weighted by atomic mass is 32.2. The summed E-state index contributed by atoms with van der Waals surface area (Å²) in [7, 11) is 0. The molecule has 1 atom stereocenters. The number of carbonyl (C=O) groups is 1. The highest BCUT2D eigenvalue weighted by molar-refractivity contribution is 8.01. The van der Waals surface area contributed by atoms with Crippen LogP contribution in [0.25, 0.3) is 0 Å². The molecular formula is C15H21N3O2S. The van der Waals surface area contributed by atoms with E-state index in [2.05, 4.69) is 10.3 Å². The van der Waals surface area contributed by atoms with Crippen LogP contribution in [0.3, 0.4) is 0 Å². The van der Waals surface area contributed by atoms with E-state index in [-0.39, 0.29) is 10.7 Å². The van der Waals surface area contributed by atoms with Crippen molar-refractivity contribution in [1.29, 1.82) is 0 Å². The minimum atomic E-state index is -0.0223. The van der Waals surface area contributed by atoms with E-state index in [0.29, 0.717) is 11.8 Å².